The number of nitrogens with one attached hydrogen (secondary N) is 1. The third kappa shape index (κ3) is 2.43. The molecule has 0 aliphatic heterocycles. The summed E-state index contributed by atoms with van der Waals surface area (Å²) in [6, 6.07) is 7.56. The van der Waals surface area contributed by atoms with E-state index >= 15 is 0 Å². The second-order valence-electron chi connectivity index (χ2n) is 7.00. The molecule has 2 N–H and O–H groups in total. The van der Waals surface area contributed by atoms with Crippen LogP contribution in [-0.2, 0) is 9.59 Å². The molecule has 2 aliphatic carbocycles. The van der Waals surface area contributed by atoms with Crippen molar-refractivity contribution in [2.75, 3.05) is 5.32 Å². The van der Waals surface area contributed by atoms with Crippen molar-refractivity contribution in [3.05, 3.63) is 27.8 Å². The topological polar surface area (TPSA) is 66.4 Å². The summed E-state index contributed by atoms with van der Waals surface area (Å²) in [6.07, 6.45) is 1.87. The number of carboxylic acid groups (broad SMARTS) is 1. The average molecular weight is 413 g/mol. The van der Waals surface area contributed by atoms with E-state index in [1.807, 2.05) is 24.3 Å². The number of rotatable bonds is 3. The number of carboxylic acids is 1. The molecule has 0 aromatic heterocycles. The van der Waals surface area contributed by atoms with E-state index < -0.39 is 17.8 Å². The van der Waals surface area contributed by atoms with Crippen LogP contribution >= 0.6 is 22.6 Å². The minimum Gasteiger partial charge on any atom is -0.481 e. The van der Waals surface area contributed by atoms with Crippen LogP contribution in [0.25, 0.3) is 0 Å². The minimum atomic E-state index is -0.831. The van der Waals surface area contributed by atoms with Gasteiger partial charge in [-0.1, -0.05) is 13.8 Å². The number of halogens is 1. The van der Waals surface area contributed by atoms with Crippen molar-refractivity contribution in [1.82, 2.24) is 0 Å². The number of anilines is 1. The highest BCUT2D eigenvalue weighted by molar-refractivity contribution is 14.1. The first-order valence-electron chi connectivity index (χ1n) is 7.61. The van der Waals surface area contributed by atoms with Crippen molar-refractivity contribution in [3.63, 3.8) is 0 Å². The Kier molecular flexibility index (Phi) is 3.95. The third-order valence-corrected chi connectivity index (χ3v) is 6.37. The molecule has 4 atom stereocenters. The number of aliphatic carboxylic acids is 1. The zero-order valence-corrected chi connectivity index (χ0v) is 14.8. The molecule has 0 unspecified atom stereocenters. The van der Waals surface area contributed by atoms with E-state index in [2.05, 4.69) is 41.8 Å². The highest BCUT2D eigenvalue weighted by atomic mass is 127. The van der Waals surface area contributed by atoms with Crippen LogP contribution in [0.1, 0.15) is 26.7 Å². The van der Waals surface area contributed by atoms with Gasteiger partial charge in [0.05, 0.1) is 11.8 Å². The monoisotopic (exact) mass is 413 g/mol. The summed E-state index contributed by atoms with van der Waals surface area (Å²) in [5, 5.41) is 12.5. The van der Waals surface area contributed by atoms with Crippen molar-refractivity contribution < 1.29 is 14.7 Å². The van der Waals surface area contributed by atoms with Gasteiger partial charge in [-0.3, -0.25) is 9.59 Å². The predicted molar refractivity (Wildman–Crippen MR) is 92.4 cm³/mol. The molecule has 0 saturated heterocycles. The maximum atomic E-state index is 12.7. The van der Waals surface area contributed by atoms with Crippen LogP contribution in [0, 0.1) is 32.7 Å². The molecule has 118 valence electrons. The smallest absolute Gasteiger partial charge is 0.307 e. The van der Waals surface area contributed by atoms with Gasteiger partial charge in [-0.2, -0.15) is 0 Å². The maximum Gasteiger partial charge on any atom is 0.307 e. The van der Waals surface area contributed by atoms with Gasteiger partial charge in [-0.15, -0.1) is 0 Å². The first-order chi connectivity index (χ1) is 10.3. The molecular formula is C17H20INO3. The highest BCUT2D eigenvalue weighted by Gasteiger charge is 2.63. The van der Waals surface area contributed by atoms with Crippen LogP contribution in [-0.4, -0.2) is 17.0 Å². The SMILES string of the molecule is CC1(C)[C@@H]2CC[C@H]1[C@@H](C(=O)Nc1ccc(I)cc1)[C@H]2C(=O)O. The highest BCUT2D eigenvalue weighted by Crippen LogP contribution is 2.63. The molecule has 1 aromatic carbocycles. The summed E-state index contributed by atoms with van der Waals surface area (Å²) < 4.78 is 1.10. The summed E-state index contributed by atoms with van der Waals surface area (Å²) in [7, 11) is 0. The van der Waals surface area contributed by atoms with E-state index in [-0.39, 0.29) is 23.2 Å². The number of hydrogen-bond acceptors (Lipinski definition) is 2. The first kappa shape index (κ1) is 15.8. The summed E-state index contributed by atoms with van der Waals surface area (Å²) >= 11 is 2.21. The Balaban J connectivity index is 1.84. The number of carbonyl (C=O) groups excluding carboxylic acids is 1. The lowest BCUT2D eigenvalue weighted by molar-refractivity contribution is -0.148. The summed E-state index contributed by atoms with van der Waals surface area (Å²) in [5.41, 5.74) is 0.659. The molecule has 0 spiro atoms. The molecule has 2 aliphatic rings. The molecule has 22 heavy (non-hydrogen) atoms. The second kappa shape index (κ2) is 5.51. The molecule has 0 radical (unpaired) electrons. The molecule has 1 amide bonds. The Morgan fingerprint density at radius 3 is 2.23 bits per heavy atom. The zero-order valence-electron chi connectivity index (χ0n) is 12.7. The van der Waals surface area contributed by atoms with Crippen molar-refractivity contribution in [2.24, 2.45) is 29.1 Å². The summed E-state index contributed by atoms with van der Waals surface area (Å²) in [4.78, 5) is 24.4. The van der Waals surface area contributed by atoms with Crippen molar-refractivity contribution in [3.8, 4) is 0 Å². The Labute approximate surface area is 143 Å². The van der Waals surface area contributed by atoms with Gasteiger partial charge in [-0.05, 0) is 76.9 Å². The number of fused-ring (bicyclic) bond motifs is 2. The second-order valence-corrected chi connectivity index (χ2v) is 8.24. The molecule has 2 saturated carbocycles. The molecule has 1 aromatic rings. The van der Waals surface area contributed by atoms with E-state index in [0.717, 1.165) is 22.1 Å². The lowest BCUT2D eigenvalue weighted by Gasteiger charge is -2.27. The fraction of sp³-hybridized carbons (Fsp3) is 0.529. The number of benzene rings is 1. The lowest BCUT2D eigenvalue weighted by atomic mass is 9.78. The van der Waals surface area contributed by atoms with E-state index in [9.17, 15) is 14.7 Å². The van der Waals surface area contributed by atoms with Crippen molar-refractivity contribution in [1.29, 1.82) is 0 Å². The van der Waals surface area contributed by atoms with Crippen molar-refractivity contribution >= 4 is 40.2 Å². The first-order valence-corrected chi connectivity index (χ1v) is 8.69. The fourth-order valence-corrected chi connectivity index (χ4v) is 4.95. The largest absolute Gasteiger partial charge is 0.481 e. The molecule has 2 bridgehead atoms. The number of carbonyl (C=O) groups is 2. The van der Waals surface area contributed by atoms with Gasteiger partial charge in [-0.25, -0.2) is 0 Å². The van der Waals surface area contributed by atoms with Gasteiger partial charge in [0, 0.05) is 9.26 Å². The van der Waals surface area contributed by atoms with Crippen LogP contribution in [0.5, 0.6) is 0 Å². The molecule has 4 nitrogen and oxygen atoms in total. The number of hydrogen-bond donors (Lipinski definition) is 2. The van der Waals surface area contributed by atoms with Gasteiger partial charge in [0.25, 0.3) is 0 Å². The van der Waals surface area contributed by atoms with Crippen LogP contribution in [0.2, 0.25) is 0 Å². The summed E-state index contributed by atoms with van der Waals surface area (Å²) in [6.45, 7) is 4.23. The fourth-order valence-electron chi connectivity index (χ4n) is 4.59. The van der Waals surface area contributed by atoms with E-state index in [1.54, 1.807) is 0 Å². The normalized spacial score (nSPS) is 32.0. The molecular weight excluding hydrogens is 393 g/mol. The Hall–Kier alpha value is -1.11. The molecule has 2 fully saturated rings. The van der Waals surface area contributed by atoms with Gasteiger partial charge < -0.3 is 10.4 Å². The third-order valence-electron chi connectivity index (χ3n) is 5.65. The summed E-state index contributed by atoms with van der Waals surface area (Å²) in [5.74, 6) is -1.70. The lowest BCUT2D eigenvalue weighted by Crippen LogP contribution is -2.37. The Morgan fingerprint density at radius 2 is 1.68 bits per heavy atom. The zero-order chi connectivity index (χ0) is 16.1. The quantitative estimate of drug-likeness (QED) is 0.745. The predicted octanol–water partition coefficient (Wildman–Crippen LogP) is 3.61. The van der Waals surface area contributed by atoms with Gasteiger partial charge in [0.15, 0.2) is 0 Å². The minimum absolute atomic E-state index is 0.0723. The molecule has 5 heteroatoms. The van der Waals surface area contributed by atoms with Gasteiger partial charge >= 0.3 is 5.97 Å². The maximum absolute atomic E-state index is 12.7. The Morgan fingerprint density at radius 1 is 1.14 bits per heavy atom. The van der Waals surface area contributed by atoms with E-state index in [0.29, 0.717) is 0 Å². The van der Waals surface area contributed by atoms with Crippen LogP contribution < -0.4 is 5.32 Å². The van der Waals surface area contributed by atoms with Crippen LogP contribution in [0.15, 0.2) is 24.3 Å². The average Bonchev–Trinajstić information content (AvgIpc) is 2.87. The molecule has 0 heterocycles. The van der Waals surface area contributed by atoms with Crippen molar-refractivity contribution in [2.45, 2.75) is 26.7 Å². The Bertz CT molecular complexity index is 611. The van der Waals surface area contributed by atoms with Gasteiger partial charge in [0.2, 0.25) is 5.91 Å². The van der Waals surface area contributed by atoms with E-state index in [4.69, 9.17) is 0 Å². The van der Waals surface area contributed by atoms with Gasteiger partial charge in [0.1, 0.15) is 0 Å². The standard InChI is InChI=1S/C17H20INO3/c1-17(2)11-7-8-12(17)14(16(21)22)13(11)15(20)19-10-5-3-9(18)4-6-10/h3-6,11-14H,7-8H2,1-2H3,(H,19,20)(H,21,22)/t11-,12+,13+,14-/m0/s1. The molecule has 3 rings (SSSR count). The van der Waals surface area contributed by atoms with E-state index in [1.165, 1.54) is 0 Å². The van der Waals surface area contributed by atoms with Crippen LogP contribution in [0.3, 0.4) is 0 Å². The number of amides is 1. The van der Waals surface area contributed by atoms with Crippen LogP contribution in [0.4, 0.5) is 5.69 Å².